The Kier molecular flexibility index (Phi) is 6.02. The molecule has 0 aliphatic heterocycles. The van der Waals surface area contributed by atoms with Crippen LogP contribution in [0.5, 0.6) is 0 Å². The van der Waals surface area contributed by atoms with Gasteiger partial charge in [0, 0.05) is 15.7 Å². The second-order valence-corrected chi connectivity index (χ2v) is 5.61. The Bertz CT molecular complexity index is 701. The molecule has 2 rings (SSSR count). The van der Waals surface area contributed by atoms with Gasteiger partial charge in [0.25, 0.3) is 0 Å². The summed E-state index contributed by atoms with van der Waals surface area (Å²) in [4.78, 5) is 24.7. The van der Waals surface area contributed by atoms with Crippen molar-refractivity contribution in [2.45, 2.75) is 12.8 Å². The number of hydrogen-bond acceptors (Lipinski definition) is 3. The molecule has 6 heteroatoms. The fourth-order valence-electron chi connectivity index (χ4n) is 2.05. The number of nitrogens with one attached hydrogen (secondary N) is 1. The lowest BCUT2D eigenvalue weighted by molar-refractivity contribution is -0.147. The average molecular weight is 352 g/mol. The van der Waals surface area contributed by atoms with Crippen LogP contribution in [0, 0.1) is 0 Å². The highest BCUT2D eigenvalue weighted by Gasteiger charge is 2.30. The maximum absolute atomic E-state index is 12.5. The van der Waals surface area contributed by atoms with Gasteiger partial charge >= 0.3 is 5.97 Å². The molecule has 1 N–H and O–H groups in total. The van der Waals surface area contributed by atoms with Gasteiger partial charge in [0.05, 0.1) is 6.61 Å². The molecule has 1 amide bonds. The molecule has 0 saturated carbocycles. The first kappa shape index (κ1) is 17.3. The summed E-state index contributed by atoms with van der Waals surface area (Å²) in [5.41, 5.74) is 1.01. The van der Waals surface area contributed by atoms with Crippen molar-refractivity contribution in [3.05, 3.63) is 64.1 Å². The lowest BCUT2D eigenvalue weighted by atomic mass is 9.98. The molecule has 0 spiro atoms. The van der Waals surface area contributed by atoms with Gasteiger partial charge in [-0.2, -0.15) is 0 Å². The van der Waals surface area contributed by atoms with Crippen LogP contribution < -0.4 is 5.32 Å². The van der Waals surface area contributed by atoms with Crippen molar-refractivity contribution in [2.75, 3.05) is 11.9 Å². The number of rotatable bonds is 5. The summed E-state index contributed by atoms with van der Waals surface area (Å²) in [6.07, 6.45) is 0. The minimum Gasteiger partial charge on any atom is -0.465 e. The summed E-state index contributed by atoms with van der Waals surface area (Å²) in [5.74, 6) is -2.21. The van der Waals surface area contributed by atoms with Gasteiger partial charge in [0.2, 0.25) is 5.91 Å². The molecule has 0 fully saturated rings. The summed E-state index contributed by atoms with van der Waals surface area (Å²) in [6, 6.07) is 13.2. The van der Waals surface area contributed by atoms with Crippen molar-refractivity contribution in [1.82, 2.24) is 0 Å². The topological polar surface area (TPSA) is 55.4 Å². The molecule has 4 nitrogen and oxygen atoms in total. The van der Waals surface area contributed by atoms with Crippen LogP contribution in [0.4, 0.5) is 5.69 Å². The number of carbonyl (C=O) groups is 2. The summed E-state index contributed by atoms with van der Waals surface area (Å²) in [5, 5.41) is 3.68. The van der Waals surface area contributed by atoms with Crippen LogP contribution in [0.25, 0.3) is 0 Å². The SMILES string of the molecule is CCOC(=O)C(C(=O)Nc1ccc(Cl)cc1)c1cccc(Cl)c1. The van der Waals surface area contributed by atoms with E-state index in [9.17, 15) is 9.59 Å². The maximum Gasteiger partial charge on any atom is 0.323 e. The molecule has 0 aliphatic rings. The van der Waals surface area contributed by atoms with Gasteiger partial charge in [-0.1, -0.05) is 35.3 Å². The van der Waals surface area contributed by atoms with Gasteiger partial charge in [-0.05, 0) is 48.9 Å². The van der Waals surface area contributed by atoms with E-state index >= 15 is 0 Å². The Hall–Kier alpha value is -2.04. The van der Waals surface area contributed by atoms with Crippen LogP contribution in [0.15, 0.2) is 48.5 Å². The Morgan fingerprint density at radius 3 is 2.39 bits per heavy atom. The van der Waals surface area contributed by atoms with Gasteiger partial charge < -0.3 is 10.1 Å². The van der Waals surface area contributed by atoms with E-state index in [-0.39, 0.29) is 6.61 Å². The molecule has 2 aromatic rings. The number of hydrogen-bond donors (Lipinski definition) is 1. The van der Waals surface area contributed by atoms with Crippen molar-refractivity contribution in [3.63, 3.8) is 0 Å². The van der Waals surface area contributed by atoms with Crippen molar-refractivity contribution in [1.29, 1.82) is 0 Å². The zero-order chi connectivity index (χ0) is 16.8. The normalized spacial score (nSPS) is 11.6. The smallest absolute Gasteiger partial charge is 0.323 e. The molecule has 0 bridgehead atoms. The van der Waals surface area contributed by atoms with Crippen molar-refractivity contribution in [3.8, 4) is 0 Å². The molecule has 0 heterocycles. The molecule has 1 atom stereocenters. The third-order valence-electron chi connectivity index (χ3n) is 3.08. The molecule has 0 radical (unpaired) electrons. The lowest BCUT2D eigenvalue weighted by Gasteiger charge is -2.16. The first-order valence-corrected chi connectivity index (χ1v) is 7.75. The number of halogens is 2. The molecule has 0 aromatic heterocycles. The van der Waals surface area contributed by atoms with E-state index in [1.807, 2.05) is 0 Å². The van der Waals surface area contributed by atoms with E-state index in [2.05, 4.69) is 5.32 Å². The summed E-state index contributed by atoms with van der Waals surface area (Å²) in [6.45, 7) is 1.87. The van der Waals surface area contributed by atoms with Crippen molar-refractivity contribution >= 4 is 40.8 Å². The van der Waals surface area contributed by atoms with Gasteiger partial charge in [-0.15, -0.1) is 0 Å². The van der Waals surface area contributed by atoms with E-state index in [1.165, 1.54) is 0 Å². The van der Waals surface area contributed by atoms with E-state index in [1.54, 1.807) is 55.5 Å². The van der Waals surface area contributed by atoms with Crippen LogP contribution in [0.3, 0.4) is 0 Å². The number of ether oxygens (including phenoxy) is 1. The molecular formula is C17H15Cl2NO3. The Morgan fingerprint density at radius 2 is 1.78 bits per heavy atom. The fourth-order valence-corrected chi connectivity index (χ4v) is 2.38. The monoisotopic (exact) mass is 351 g/mol. The maximum atomic E-state index is 12.5. The fraction of sp³-hybridized carbons (Fsp3) is 0.176. The lowest BCUT2D eigenvalue weighted by Crippen LogP contribution is -2.29. The zero-order valence-electron chi connectivity index (χ0n) is 12.4. The standard InChI is InChI=1S/C17H15Cl2NO3/c1-2-23-17(22)15(11-4-3-5-13(19)10-11)16(21)20-14-8-6-12(18)7-9-14/h3-10,15H,2H2,1H3,(H,20,21). The van der Waals surface area contributed by atoms with Crippen LogP contribution in [-0.2, 0) is 14.3 Å². The molecule has 23 heavy (non-hydrogen) atoms. The average Bonchev–Trinajstić information content (AvgIpc) is 2.50. The quantitative estimate of drug-likeness (QED) is 0.646. The molecule has 2 aromatic carbocycles. The molecule has 0 aliphatic carbocycles. The number of benzene rings is 2. The summed E-state index contributed by atoms with van der Waals surface area (Å²) >= 11 is 11.8. The van der Waals surface area contributed by atoms with Crippen molar-refractivity contribution < 1.29 is 14.3 Å². The highest BCUT2D eigenvalue weighted by Crippen LogP contribution is 2.23. The molecule has 0 saturated heterocycles. The highest BCUT2D eigenvalue weighted by molar-refractivity contribution is 6.31. The molecular weight excluding hydrogens is 337 g/mol. The van der Waals surface area contributed by atoms with Crippen molar-refractivity contribution in [2.24, 2.45) is 0 Å². The number of carbonyl (C=O) groups excluding carboxylic acids is 2. The molecule has 120 valence electrons. The summed E-state index contributed by atoms with van der Waals surface area (Å²) < 4.78 is 5.01. The van der Waals surface area contributed by atoms with Gasteiger partial charge in [0.15, 0.2) is 5.92 Å². The minimum atomic E-state index is -1.09. The number of amides is 1. The van der Waals surface area contributed by atoms with Gasteiger partial charge in [-0.25, -0.2) is 0 Å². The van der Waals surface area contributed by atoms with Gasteiger partial charge in [-0.3, -0.25) is 9.59 Å². The Morgan fingerprint density at radius 1 is 1.09 bits per heavy atom. The van der Waals surface area contributed by atoms with Gasteiger partial charge in [0.1, 0.15) is 0 Å². The Labute approximate surface area is 144 Å². The predicted molar refractivity (Wildman–Crippen MR) is 90.9 cm³/mol. The van der Waals surface area contributed by atoms with Crippen LogP contribution >= 0.6 is 23.2 Å². The third kappa shape index (κ3) is 4.71. The molecule has 1 unspecified atom stereocenters. The van der Waals surface area contributed by atoms with E-state index in [0.29, 0.717) is 21.3 Å². The second-order valence-electron chi connectivity index (χ2n) is 4.74. The number of anilines is 1. The van der Waals surface area contributed by atoms with Crippen LogP contribution in [0.1, 0.15) is 18.4 Å². The minimum absolute atomic E-state index is 0.185. The summed E-state index contributed by atoms with van der Waals surface area (Å²) in [7, 11) is 0. The first-order valence-electron chi connectivity index (χ1n) is 6.99. The van der Waals surface area contributed by atoms with E-state index in [0.717, 1.165) is 0 Å². The van der Waals surface area contributed by atoms with Crippen LogP contribution in [-0.4, -0.2) is 18.5 Å². The third-order valence-corrected chi connectivity index (χ3v) is 3.57. The highest BCUT2D eigenvalue weighted by atomic mass is 35.5. The number of esters is 1. The van der Waals surface area contributed by atoms with E-state index < -0.39 is 17.8 Å². The Balaban J connectivity index is 2.27. The van der Waals surface area contributed by atoms with E-state index in [4.69, 9.17) is 27.9 Å². The first-order chi connectivity index (χ1) is 11.0. The predicted octanol–water partition coefficient (Wildman–Crippen LogP) is 4.28. The second kappa shape index (κ2) is 7.99. The van der Waals surface area contributed by atoms with Crippen LogP contribution in [0.2, 0.25) is 10.0 Å². The zero-order valence-corrected chi connectivity index (χ0v) is 13.9. The largest absolute Gasteiger partial charge is 0.465 e.